The van der Waals surface area contributed by atoms with Crippen molar-refractivity contribution in [2.75, 3.05) is 6.61 Å². The Morgan fingerprint density at radius 3 is 0.822 bits per heavy atom. The van der Waals surface area contributed by atoms with Gasteiger partial charge in [-0.1, -0.05) is 353 Å². The summed E-state index contributed by atoms with van der Waals surface area (Å²) >= 11 is 0. The lowest BCUT2D eigenvalue weighted by Crippen LogP contribution is -2.53. The van der Waals surface area contributed by atoms with Gasteiger partial charge in [-0.15, -0.1) is 0 Å². The van der Waals surface area contributed by atoms with E-state index in [2.05, 4.69) is 31.3 Å². The van der Waals surface area contributed by atoms with Crippen molar-refractivity contribution in [3.63, 3.8) is 0 Å². The molecule has 0 aliphatic carbocycles. The second-order valence-corrected chi connectivity index (χ2v) is 23.5. The number of nitrogens with one attached hydrogen (secondary N) is 1. The van der Waals surface area contributed by atoms with Gasteiger partial charge in [0.15, 0.2) is 0 Å². The number of aliphatic hydroxyl groups excluding tert-OH is 4. The van der Waals surface area contributed by atoms with E-state index in [-0.39, 0.29) is 0 Å². The number of amides is 1. The molecular weight excluding hydrogens is 899 g/mol. The van der Waals surface area contributed by atoms with Gasteiger partial charge in [-0.05, 0) is 38.5 Å². The Balaban J connectivity index is 3.53. The highest BCUT2D eigenvalue weighted by atomic mass is 16.3. The largest absolute Gasteiger partial charge is 0.394 e. The van der Waals surface area contributed by atoms with Crippen LogP contribution in [-0.4, -0.2) is 57.3 Å². The summed E-state index contributed by atoms with van der Waals surface area (Å²) in [4.78, 5) is 12.6. The highest BCUT2D eigenvalue weighted by Gasteiger charge is 2.28. The molecule has 0 rings (SSSR count). The molecule has 6 heteroatoms. The third kappa shape index (κ3) is 55.6. The van der Waals surface area contributed by atoms with E-state index in [0.717, 1.165) is 38.5 Å². The van der Waals surface area contributed by atoms with Gasteiger partial charge in [-0.2, -0.15) is 0 Å². The summed E-state index contributed by atoms with van der Waals surface area (Å²) in [5.74, 6) is -0.584. The molecule has 0 aliphatic rings. The van der Waals surface area contributed by atoms with Crippen LogP contribution in [0.3, 0.4) is 0 Å². The second kappa shape index (κ2) is 61.9. The van der Waals surface area contributed by atoms with Crippen LogP contribution < -0.4 is 5.32 Å². The van der Waals surface area contributed by atoms with Gasteiger partial charge in [0.1, 0.15) is 12.2 Å². The molecular formula is C67H133NO5. The topological polar surface area (TPSA) is 110 Å². The number of hydrogen-bond acceptors (Lipinski definition) is 5. The minimum Gasteiger partial charge on any atom is -0.394 e. The molecule has 0 spiro atoms. The molecule has 4 unspecified atom stereocenters. The van der Waals surface area contributed by atoms with Crippen molar-refractivity contribution in [3.8, 4) is 0 Å². The molecule has 0 bridgehead atoms. The summed E-state index contributed by atoms with van der Waals surface area (Å²) in [5.41, 5.74) is 0. The van der Waals surface area contributed by atoms with Crippen LogP contribution in [0, 0.1) is 0 Å². The Morgan fingerprint density at radius 1 is 0.329 bits per heavy atom. The van der Waals surface area contributed by atoms with Crippen molar-refractivity contribution in [2.45, 2.75) is 404 Å². The van der Waals surface area contributed by atoms with E-state index in [9.17, 15) is 25.2 Å². The fourth-order valence-electron chi connectivity index (χ4n) is 11.0. The van der Waals surface area contributed by atoms with Gasteiger partial charge in [-0.3, -0.25) is 4.79 Å². The summed E-state index contributed by atoms with van der Waals surface area (Å²) in [7, 11) is 0. The molecule has 1 amide bonds. The molecule has 73 heavy (non-hydrogen) atoms. The molecule has 4 atom stereocenters. The number of allylic oxidation sites excluding steroid dienone is 2. The Labute approximate surface area is 457 Å². The minimum atomic E-state index is -1.28. The van der Waals surface area contributed by atoms with Gasteiger partial charge in [0.2, 0.25) is 5.91 Å². The molecule has 0 saturated carbocycles. The van der Waals surface area contributed by atoms with Gasteiger partial charge < -0.3 is 25.7 Å². The number of hydrogen-bond donors (Lipinski definition) is 5. The third-order valence-electron chi connectivity index (χ3n) is 16.2. The first kappa shape index (κ1) is 72.0. The fraction of sp³-hybridized carbons (Fsp3) is 0.955. The van der Waals surface area contributed by atoms with E-state index in [1.807, 2.05) is 0 Å². The third-order valence-corrected chi connectivity index (χ3v) is 16.2. The quantitative estimate of drug-likeness (QED) is 0.0308. The first-order chi connectivity index (χ1) is 36.0. The van der Waals surface area contributed by atoms with Crippen LogP contribution in [0.2, 0.25) is 0 Å². The van der Waals surface area contributed by atoms with E-state index in [0.29, 0.717) is 12.8 Å². The zero-order valence-electron chi connectivity index (χ0n) is 49.7. The standard InChI is InChI=1S/C67H133NO5/c1-3-5-7-9-11-13-15-17-19-21-23-25-27-28-29-30-31-32-33-34-35-36-37-39-41-43-45-47-49-51-53-55-57-59-61-65(71)67(73)68-63(62-69)66(72)64(70)60-58-56-54-52-50-48-46-44-42-40-38-26-24-22-20-18-16-14-12-10-8-6-4-2/h52,54,63-66,69-72H,3-51,53,55-62H2,1-2H3,(H,68,73)/b54-52+. The Bertz CT molecular complexity index is 1070. The van der Waals surface area contributed by atoms with Crippen LogP contribution >= 0.6 is 0 Å². The van der Waals surface area contributed by atoms with Crippen LogP contribution in [0.1, 0.15) is 380 Å². The van der Waals surface area contributed by atoms with Crippen LogP contribution in [0.4, 0.5) is 0 Å². The highest BCUT2D eigenvalue weighted by molar-refractivity contribution is 5.80. The maximum absolute atomic E-state index is 12.6. The van der Waals surface area contributed by atoms with Crippen LogP contribution in [0.5, 0.6) is 0 Å². The molecule has 0 radical (unpaired) electrons. The summed E-state index contributed by atoms with van der Waals surface area (Å²) in [6, 6.07) is -1.000. The van der Waals surface area contributed by atoms with Gasteiger partial charge >= 0.3 is 0 Å². The summed E-state index contributed by atoms with van der Waals surface area (Å²) < 4.78 is 0. The second-order valence-electron chi connectivity index (χ2n) is 23.5. The smallest absolute Gasteiger partial charge is 0.249 e. The maximum atomic E-state index is 12.6. The zero-order chi connectivity index (χ0) is 53.0. The van der Waals surface area contributed by atoms with Crippen molar-refractivity contribution in [1.29, 1.82) is 0 Å². The lowest BCUT2D eigenvalue weighted by molar-refractivity contribution is -0.132. The summed E-state index contributed by atoms with van der Waals surface area (Å²) in [6.07, 6.45) is 76.2. The molecule has 6 nitrogen and oxygen atoms in total. The van der Waals surface area contributed by atoms with Gasteiger partial charge in [-0.25, -0.2) is 0 Å². The molecule has 0 saturated heterocycles. The van der Waals surface area contributed by atoms with Gasteiger partial charge in [0.25, 0.3) is 0 Å². The predicted octanol–water partition coefficient (Wildman–Crippen LogP) is 20.4. The average Bonchev–Trinajstić information content (AvgIpc) is 3.40. The minimum absolute atomic E-state index is 0.369. The number of carbonyl (C=O) groups excluding carboxylic acids is 1. The molecule has 0 fully saturated rings. The van der Waals surface area contributed by atoms with Crippen molar-refractivity contribution < 1.29 is 25.2 Å². The van der Waals surface area contributed by atoms with Gasteiger partial charge in [0.05, 0.1) is 18.8 Å². The van der Waals surface area contributed by atoms with Crippen LogP contribution in [-0.2, 0) is 4.79 Å². The van der Waals surface area contributed by atoms with E-state index in [1.54, 1.807) is 0 Å². The van der Waals surface area contributed by atoms with E-state index in [1.165, 1.54) is 315 Å². The SMILES string of the molecule is CCCCCCCCCCCCCCCCCCCC/C=C/CCCC(O)C(O)C(CO)NC(=O)C(O)CCCCCCCCCCCCCCCCCCCCCCCCCCCCCCCCCCCC. The summed E-state index contributed by atoms with van der Waals surface area (Å²) in [6.45, 7) is 4.10. The zero-order valence-corrected chi connectivity index (χ0v) is 49.7. The van der Waals surface area contributed by atoms with Crippen LogP contribution in [0.15, 0.2) is 12.2 Å². The number of aliphatic hydroxyl groups is 4. The van der Waals surface area contributed by atoms with Crippen LogP contribution in [0.25, 0.3) is 0 Å². The first-order valence-electron chi connectivity index (χ1n) is 33.6. The molecule has 0 aliphatic heterocycles. The predicted molar refractivity (Wildman–Crippen MR) is 321 cm³/mol. The average molecular weight is 1030 g/mol. The van der Waals surface area contributed by atoms with Crippen molar-refractivity contribution in [3.05, 3.63) is 12.2 Å². The van der Waals surface area contributed by atoms with E-state index in [4.69, 9.17) is 0 Å². The van der Waals surface area contributed by atoms with Crippen molar-refractivity contribution in [1.82, 2.24) is 5.32 Å². The normalized spacial score (nSPS) is 13.6. The van der Waals surface area contributed by atoms with Gasteiger partial charge in [0, 0.05) is 0 Å². The Kier molecular flexibility index (Phi) is 61.1. The Morgan fingerprint density at radius 2 is 0.562 bits per heavy atom. The van der Waals surface area contributed by atoms with Crippen molar-refractivity contribution in [2.24, 2.45) is 0 Å². The van der Waals surface area contributed by atoms with E-state index >= 15 is 0 Å². The number of carbonyl (C=O) groups is 1. The van der Waals surface area contributed by atoms with Crippen molar-refractivity contribution >= 4 is 5.91 Å². The maximum Gasteiger partial charge on any atom is 0.249 e. The number of unbranched alkanes of at least 4 members (excludes halogenated alkanes) is 52. The first-order valence-corrected chi connectivity index (χ1v) is 33.6. The molecule has 0 aromatic heterocycles. The molecule has 0 heterocycles. The molecule has 5 N–H and O–H groups in total. The lowest BCUT2D eigenvalue weighted by atomic mass is 10.00. The molecule has 0 aromatic carbocycles. The number of rotatable bonds is 63. The fourth-order valence-corrected chi connectivity index (χ4v) is 11.0. The highest BCUT2D eigenvalue weighted by Crippen LogP contribution is 2.19. The Hall–Kier alpha value is -0.950. The molecule has 436 valence electrons. The molecule has 0 aromatic rings. The monoisotopic (exact) mass is 1030 g/mol. The lowest BCUT2D eigenvalue weighted by Gasteiger charge is -2.27. The van der Waals surface area contributed by atoms with E-state index < -0.39 is 36.9 Å². The summed E-state index contributed by atoms with van der Waals surface area (Å²) in [5, 5.41) is 44.1.